The molecule has 1 heterocycles. The summed E-state index contributed by atoms with van der Waals surface area (Å²) >= 11 is 0. The minimum atomic E-state index is 0.252. The molecule has 88 valence electrons. The van der Waals surface area contributed by atoms with Crippen molar-refractivity contribution in [2.45, 2.75) is 47.0 Å². The molecular weight excluding hydrogens is 186 g/mol. The Hall–Kier alpha value is -0.530. The van der Waals surface area contributed by atoms with Crippen molar-refractivity contribution in [2.75, 3.05) is 13.1 Å². The molecule has 0 radical (unpaired) electrons. The summed E-state index contributed by atoms with van der Waals surface area (Å²) < 4.78 is 0. The summed E-state index contributed by atoms with van der Waals surface area (Å²) in [6.45, 7) is 10.7. The second-order valence-corrected chi connectivity index (χ2v) is 5.20. The Kier molecular flexibility index (Phi) is 4.62. The first-order valence-electron chi connectivity index (χ1n) is 6.37. The summed E-state index contributed by atoms with van der Waals surface area (Å²) in [7, 11) is 0. The number of hydrogen-bond acceptors (Lipinski definition) is 1. The summed E-state index contributed by atoms with van der Waals surface area (Å²) in [5.74, 6) is 1.99. The average molecular weight is 211 g/mol. The predicted octanol–water partition coefficient (Wildman–Crippen LogP) is 2.93. The van der Waals surface area contributed by atoms with Gasteiger partial charge in [0.1, 0.15) is 0 Å². The number of likely N-dealkylation sites (tertiary alicyclic amines) is 1. The van der Waals surface area contributed by atoms with Crippen molar-refractivity contribution >= 4 is 5.91 Å². The molecule has 1 aliphatic heterocycles. The van der Waals surface area contributed by atoms with E-state index in [4.69, 9.17) is 0 Å². The number of nitrogens with zero attached hydrogens (tertiary/aromatic N) is 1. The molecule has 1 rings (SSSR count). The standard InChI is InChI=1S/C13H25NO/c1-5-12(6-2)13(15)14-8-10(3)7-11(4)9-14/h10-12H,5-9H2,1-4H3/t10-,11+. The fourth-order valence-corrected chi connectivity index (χ4v) is 2.74. The largest absolute Gasteiger partial charge is 0.342 e. The second-order valence-electron chi connectivity index (χ2n) is 5.20. The molecule has 1 aliphatic rings. The lowest BCUT2D eigenvalue weighted by Crippen LogP contribution is -2.45. The highest BCUT2D eigenvalue weighted by molar-refractivity contribution is 5.78. The third-order valence-electron chi connectivity index (χ3n) is 3.52. The van der Waals surface area contributed by atoms with Gasteiger partial charge in [-0.3, -0.25) is 4.79 Å². The molecule has 15 heavy (non-hydrogen) atoms. The fraction of sp³-hybridized carbons (Fsp3) is 0.923. The normalized spacial score (nSPS) is 27.1. The van der Waals surface area contributed by atoms with Crippen molar-refractivity contribution in [2.24, 2.45) is 17.8 Å². The van der Waals surface area contributed by atoms with E-state index in [0.717, 1.165) is 25.9 Å². The highest BCUT2D eigenvalue weighted by atomic mass is 16.2. The molecule has 1 fully saturated rings. The van der Waals surface area contributed by atoms with E-state index >= 15 is 0 Å². The van der Waals surface area contributed by atoms with Gasteiger partial charge in [0, 0.05) is 19.0 Å². The van der Waals surface area contributed by atoms with Gasteiger partial charge in [0.2, 0.25) is 5.91 Å². The minimum Gasteiger partial charge on any atom is -0.342 e. The van der Waals surface area contributed by atoms with Crippen molar-refractivity contribution in [3.05, 3.63) is 0 Å². The Bertz CT molecular complexity index is 201. The maximum absolute atomic E-state index is 12.2. The Morgan fingerprint density at radius 2 is 1.67 bits per heavy atom. The summed E-state index contributed by atoms with van der Waals surface area (Å²) in [4.78, 5) is 14.3. The zero-order valence-electron chi connectivity index (χ0n) is 10.6. The van der Waals surface area contributed by atoms with Gasteiger partial charge in [-0.1, -0.05) is 27.7 Å². The van der Waals surface area contributed by atoms with Crippen LogP contribution in [-0.4, -0.2) is 23.9 Å². The summed E-state index contributed by atoms with van der Waals surface area (Å²) in [5, 5.41) is 0. The van der Waals surface area contributed by atoms with Crippen LogP contribution in [0.15, 0.2) is 0 Å². The molecule has 0 aromatic carbocycles. The minimum absolute atomic E-state index is 0.252. The number of hydrogen-bond donors (Lipinski definition) is 0. The van der Waals surface area contributed by atoms with Crippen molar-refractivity contribution in [3.8, 4) is 0 Å². The maximum atomic E-state index is 12.2. The lowest BCUT2D eigenvalue weighted by Gasteiger charge is -2.36. The molecule has 0 bridgehead atoms. The molecule has 2 atom stereocenters. The SMILES string of the molecule is CCC(CC)C(=O)N1C[C@H](C)C[C@H](C)C1. The van der Waals surface area contributed by atoms with Crippen LogP contribution in [0.1, 0.15) is 47.0 Å². The lowest BCUT2D eigenvalue weighted by atomic mass is 9.90. The van der Waals surface area contributed by atoms with E-state index in [1.807, 2.05) is 0 Å². The molecule has 0 N–H and O–H groups in total. The van der Waals surface area contributed by atoms with E-state index in [9.17, 15) is 4.79 Å². The predicted molar refractivity (Wildman–Crippen MR) is 63.6 cm³/mol. The van der Waals surface area contributed by atoms with Crippen molar-refractivity contribution in [3.63, 3.8) is 0 Å². The Morgan fingerprint density at radius 1 is 1.20 bits per heavy atom. The van der Waals surface area contributed by atoms with Crippen LogP contribution >= 0.6 is 0 Å². The lowest BCUT2D eigenvalue weighted by molar-refractivity contribution is -0.138. The molecule has 2 heteroatoms. The van der Waals surface area contributed by atoms with Crippen LogP contribution in [0.4, 0.5) is 0 Å². The zero-order chi connectivity index (χ0) is 11.4. The third kappa shape index (κ3) is 3.22. The van der Waals surface area contributed by atoms with Gasteiger partial charge in [-0.05, 0) is 31.1 Å². The van der Waals surface area contributed by atoms with Gasteiger partial charge in [-0.15, -0.1) is 0 Å². The zero-order valence-corrected chi connectivity index (χ0v) is 10.6. The molecule has 1 saturated heterocycles. The monoisotopic (exact) mass is 211 g/mol. The van der Waals surface area contributed by atoms with Crippen molar-refractivity contribution in [1.29, 1.82) is 0 Å². The highest BCUT2D eigenvalue weighted by Gasteiger charge is 2.28. The van der Waals surface area contributed by atoms with Gasteiger partial charge in [0.25, 0.3) is 0 Å². The number of rotatable bonds is 3. The van der Waals surface area contributed by atoms with Crippen molar-refractivity contribution < 1.29 is 4.79 Å². The topological polar surface area (TPSA) is 20.3 Å². The first-order chi connectivity index (χ1) is 7.08. The maximum Gasteiger partial charge on any atom is 0.225 e. The Labute approximate surface area is 94.0 Å². The molecule has 0 aliphatic carbocycles. The first kappa shape index (κ1) is 12.5. The Morgan fingerprint density at radius 3 is 2.07 bits per heavy atom. The van der Waals surface area contributed by atoms with Gasteiger partial charge in [0.05, 0.1) is 0 Å². The van der Waals surface area contributed by atoms with E-state index in [1.165, 1.54) is 6.42 Å². The van der Waals surface area contributed by atoms with Gasteiger partial charge >= 0.3 is 0 Å². The van der Waals surface area contributed by atoms with Crippen LogP contribution in [0, 0.1) is 17.8 Å². The number of amides is 1. The van der Waals surface area contributed by atoms with Gasteiger partial charge in [-0.2, -0.15) is 0 Å². The molecule has 0 saturated carbocycles. The van der Waals surface area contributed by atoms with Crippen LogP contribution in [0.2, 0.25) is 0 Å². The molecule has 0 aromatic heterocycles. The van der Waals surface area contributed by atoms with Gasteiger partial charge < -0.3 is 4.90 Å². The van der Waals surface area contributed by atoms with Crippen molar-refractivity contribution in [1.82, 2.24) is 4.90 Å². The average Bonchev–Trinajstić information content (AvgIpc) is 2.18. The quantitative estimate of drug-likeness (QED) is 0.703. The highest BCUT2D eigenvalue weighted by Crippen LogP contribution is 2.23. The third-order valence-corrected chi connectivity index (χ3v) is 3.52. The molecule has 2 nitrogen and oxygen atoms in total. The van der Waals surface area contributed by atoms with Crippen LogP contribution in [0.3, 0.4) is 0 Å². The van der Waals surface area contributed by atoms with E-state index in [-0.39, 0.29) is 5.92 Å². The van der Waals surface area contributed by atoms with E-state index in [2.05, 4.69) is 32.6 Å². The van der Waals surface area contributed by atoms with E-state index in [1.54, 1.807) is 0 Å². The molecule has 0 aromatic rings. The molecule has 0 spiro atoms. The number of carbonyl (C=O) groups is 1. The Balaban J connectivity index is 2.58. The molecule has 0 unspecified atom stereocenters. The summed E-state index contributed by atoms with van der Waals surface area (Å²) in [6, 6.07) is 0. The summed E-state index contributed by atoms with van der Waals surface area (Å²) in [6.07, 6.45) is 3.23. The van der Waals surface area contributed by atoms with Crippen LogP contribution in [0.25, 0.3) is 0 Å². The number of carbonyl (C=O) groups excluding carboxylic acids is 1. The fourth-order valence-electron chi connectivity index (χ4n) is 2.74. The van der Waals surface area contributed by atoms with Gasteiger partial charge in [0.15, 0.2) is 0 Å². The van der Waals surface area contributed by atoms with Crippen LogP contribution < -0.4 is 0 Å². The van der Waals surface area contributed by atoms with E-state index in [0.29, 0.717) is 17.7 Å². The summed E-state index contributed by atoms with van der Waals surface area (Å²) in [5.41, 5.74) is 0. The van der Waals surface area contributed by atoms with Crippen LogP contribution in [0.5, 0.6) is 0 Å². The van der Waals surface area contributed by atoms with Crippen LogP contribution in [-0.2, 0) is 4.79 Å². The van der Waals surface area contributed by atoms with E-state index < -0.39 is 0 Å². The second kappa shape index (κ2) is 5.53. The molecule has 1 amide bonds. The first-order valence-corrected chi connectivity index (χ1v) is 6.37. The van der Waals surface area contributed by atoms with Gasteiger partial charge in [-0.25, -0.2) is 0 Å². The smallest absolute Gasteiger partial charge is 0.225 e. The molecular formula is C13H25NO. The number of piperidine rings is 1.